The molecule has 2 unspecified atom stereocenters. The van der Waals surface area contributed by atoms with Gasteiger partial charge in [0.05, 0.1) is 23.2 Å². The SMILES string of the molecule is C=N/C=C(\C=NC(c1cc2c(C)cccn2n1)c1nc[nH]c1CCNC)C(O)c1ccccc1. The monoisotopic (exact) mass is 455 g/mol. The van der Waals surface area contributed by atoms with Crippen LogP contribution in [-0.4, -0.2) is 51.2 Å². The Hall–Kier alpha value is -3.88. The minimum atomic E-state index is -0.887. The number of pyridine rings is 1. The lowest BCUT2D eigenvalue weighted by atomic mass is 10.0. The van der Waals surface area contributed by atoms with E-state index in [2.05, 4.69) is 40.0 Å². The number of aliphatic hydroxyl groups is 1. The highest BCUT2D eigenvalue weighted by Gasteiger charge is 2.23. The van der Waals surface area contributed by atoms with E-state index in [1.165, 1.54) is 6.20 Å². The number of aliphatic imine (C=N–C) groups is 2. The molecule has 0 aliphatic rings. The van der Waals surface area contributed by atoms with E-state index in [4.69, 9.17) is 10.1 Å². The molecule has 174 valence electrons. The van der Waals surface area contributed by atoms with E-state index in [-0.39, 0.29) is 0 Å². The molecule has 3 N–H and O–H groups in total. The van der Waals surface area contributed by atoms with Crippen LogP contribution in [0.4, 0.5) is 0 Å². The molecular weight excluding hydrogens is 426 g/mol. The zero-order chi connectivity index (χ0) is 23.9. The topological polar surface area (TPSA) is 103 Å². The van der Waals surface area contributed by atoms with Gasteiger partial charge in [0.25, 0.3) is 0 Å². The first-order chi connectivity index (χ1) is 16.6. The normalized spacial score (nSPS) is 14.0. The molecule has 3 heterocycles. The summed E-state index contributed by atoms with van der Waals surface area (Å²) in [6.07, 6.45) is 6.66. The number of H-pyrrole nitrogens is 1. The van der Waals surface area contributed by atoms with Gasteiger partial charge in [-0.2, -0.15) is 5.10 Å². The molecule has 8 nitrogen and oxygen atoms in total. The van der Waals surface area contributed by atoms with Crippen LogP contribution in [0.3, 0.4) is 0 Å². The van der Waals surface area contributed by atoms with Crippen LogP contribution in [0.25, 0.3) is 5.52 Å². The molecule has 34 heavy (non-hydrogen) atoms. The molecule has 8 heteroatoms. The van der Waals surface area contributed by atoms with Crippen LogP contribution in [0.1, 0.15) is 40.4 Å². The van der Waals surface area contributed by atoms with Crippen molar-refractivity contribution in [1.29, 1.82) is 0 Å². The van der Waals surface area contributed by atoms with Crippen LogP contribution in [0.15, 0.2) is 82.8 Å². The Bertz CT molecular complexity index is 1300. The third kappa shape index (κ3) is 5.03. The summed E-state index contributed by atoms with van der Waals surface area (Å²) < 4.78 is 1.86. The van der Waals surface area contributed by atoms with Gasteiger partial charge < -0.3 is 15.4 Å². The molecule has 0 fully saturated rings. The van der Waals surface area contributed by atoms with Gasteiger partial charge >= 0.3 is 0 Å². The third-order valence-electron chi connectivity index (χ3n) is 5.69. The number of fused-ring (bicyclic) bond motifs is 1. The molecule has 0 saturated heterocycles. The number of nitrogens with one attached hydrogen (secondary N) is 2. The smallest absolute Gasteiger partial charge is 0.137 e. The van der Waals surface area contributed by atoms with Crippen LogP contribution >= 0.6 is 0 Å². The van der Waals surface area contributed by atoms with Crippen molar-refractivity contribution in [1.82, 2.24) is 24.9 Å². The van der Waals surface area contributed by atoms with Gasteiger partial charge in [0.1, 0.15) is 12.1 Å². The number of hydrogen-bond donors (Lipinski definition) is 3. The molecule has 0 saturated carbocycles. The molecule has 4 rings (SSSR count). The van der Waals surface area contributed by atoms with Crippen molar-refractivity contribution in [2.45, 2.75) is 25.5 Å². The zero-order valence-electron chi connectivity index (χ0n) is 19.4. The Morgan fingerprint density at radius 2 is 2.09 bits per heavy atom. The number of likely N-dealkylation sites (N-methyl/N-ethyl adjacent to an activating group) is 1. The highest BCUT2D eigenvalue weighted by Crippen LogP contribution is 2.29. The lowest BCUT2D eigenvalue weighted by Crippen LogP contribution is -2.13. The first-order valence-corrected chi connectivity index (χ1v) is 11.2. The van der Waals surface area contributed by atoms with Crippen LogP contribution in [0.5, 0.6) is 0 Å². The van der Waals surface area contributed by atoms with E-state index >= 15 is 0 Å². The largest absolute Gasteiger partial charge is 0.384 e. The fourth-order valence-electron chi connectivity index (χ4n) is 3.88. The third-order valence-corrected chi connectivity index (χ3v) is 5.69. The van der Waals surface area contributed by atoms with E-state index in [1.54, 1.807) is 12.5 Å². The summed E-state index contributed by atoms with van der Waals surface area (Å²) in [5.74, 6) is 0. The minimum Gasteiger partial charge on any atom is -0.384 e. The molecule has 4 aromatic rings. The second-order valence-corrected chi connectivity index (χ2v) is 8.02. The average Bonchev–Trinajstić information content (AvgIpc) is 3.50. The molecule has 0 amide bonds. The zero-order valence-corrected chi connectivity index (χ0v) is 19.4. The van der Waals surface area contributed by atoms with E-state index in [0.717, 1.165) is 46.7 Å². The predicted octanol–water partition coefficient (Wildman–Crippen LogP) is 3.61. The Balaban J connectivity index is 1.76. The Labute approximate surface area is 198 Å². The van der Waals surface area contributed by atoms with Gasteiger partial charge in [-0.05, 0) is 43.9 Å². The Morgan fingerprint density at radius 1 is 1.26 bits per heavy atom. The quantitative estimate of drug-likeness (QED) is 0.318. The molecule has 3 aromatic heterocycles. The van der Waals surface area contributed by atoms with Gasteiger partial charge in [-0.25, -0.2) is 9.50 Å². The molecule has 0 aliphatic heterocycles. The summed E-state index contributed by atoms with van der Waals surface area (Å²) in [4.78, 5) is 16.6. The van der Waals surface area contributed by atoms with Crippen molar-refractivity contribution in [2.75, 3.05) is 13.6 Å². The summed E-state index contributed by atoms with van der Waals surface area (Å²) >= 11 is 0. The predicted molar refractivity (Wildman–Crippen MR) is 136 cm³/mol. The van der Waals surface area contributed by atoms with E-state index in [9.17, 15) is 5.11 Å². The lowest BCUT2D eigenvalue weighted by molar-refractivity contribution is 0.222. The second-order valence-electron chi connectivity index (χ2n) is 8.02. The minimum absolute atomic E-state index is 0.464. The molecule has 0 radical (unpaired) electrons. The van der Waals surface area contributed by atoms with Gasteiger partial charge in [-0.1, -0.05) is 36.4 Å². The van der Waals surface area contributed by atoms with E-state index in [1.807, 2.05) is 60.2 Å². The van der Waals surface area contributed by atoms with E-state index < -0.39 is 12.1 Å². The number of aliphatic hydroxyl groups excluding tert-OH is 1. The molecule has 0 aliphatic carbocycles. The number of aryl methyl sites for hydroxylation is 1. The number of nitrogens with zero attached hydrogens (tertiary/aromatic N) is 5. The highest BCUT2D eigenvalue weighted by atomic mass is 16.3. The maximum atomic E-state index is 10.9. The van der Waals surface area contributed by atoms with Crippen LogP contribution < -0.4 is 5.32 Å². The maximum absolute atomic E-state index is 10.9. The van der Waals surface area contributed by atoms with Crippen molar-refractivity contribution >= 4 is 18.4 Å². The average molecular weight is 456 g/mol. The van der Waals surface area contributed by atoms with Crippen molar-refractivity contribution in [3.05, 3.63) is 101 Å². The summed E-state index contributed by atoms with van der Waals surface area (Å²) in [6, 6.07) is 15.0. The summed E-state index contributed by atoms with van der Waals surface area (Å²) in [7, 11) is 1.92. The van der Waals surface area contributed by atoms with Gasteiger partial charge in [0.15, 0.2) is 0 Å². The first kappa shape index (κ1) is 23.3. The maximum Gasteiger partial charge on any atom is 0.137 e. The van der Waals surface area contributed by atoms with Crippen LogP contribution in [0.2, 0.25) is 0 Å². The highest BCUT2D eigenvalue weighted by molar-refractivity contribution is 5.81. The van der Waals surface area contributed by atoms with Gasteiger partial charge in [0, 0.05) is 42.8 Å². The number of aromatic nitrogens is 4. The number of aromatic amines is 1. The van der Waals surface area contributed by atoms with Crippen molar-refractivity contribution in [3.63, 3.8) is 0 Å². The fourth-order valence-corrected chi connectivity index (χ4v) is 3.88. The second kappa shape index (κ2) is 10.8. The van der Waals surface area contributed by atoms with Crippen LogP contribution in [-0.2, 0) is 6.42 Å². The van der Waals surface area contributed by atoms with Crippen molar-refractivity contribution < 1.29 is 5.11 Å². The molecule has 0 bridgehead atoms. The van der Waals surface area contributed by atoms with Gasteiger partial charge in [-0.3, -0.25) is 9.98 Å². The number of hydrogen-bond acceptors (Lipinski definition) is 6. The summed E-state index contributed by atoms with van der Waals surface area (Å²) in [5, 5.41) is 18.9. The number of benzene rings is 1. The molecule has 1 aromatic carbocycles. The number of imidazole rings is 1. The lowest BCUT2D eigenvalue weighted by Gasteiger charge is -2.14. The van der Waals surface area contributed by atoms with Crippen LogP contribution in [0, 0.1) is 6.92 Å². The standard InChI is InChI=1S/C26H29N7O/c1-18-8-7-13-33-23(18)14-22(32-33)25(24-21(11-12-27-2)30-17-31-24)29-16-20(15-28-3)26(34)19-9-5-4-6-10-19/h4-10,13-17,25-27,34H,3,11-12H2,1-2H3,(H,30,31)/b20-15+,29-16?. The summed E-state index contributed by atoms with van der Waals surface area (Å²) in [5.41, 5.74) is 5.96. The molecule has 2 atom stereocenters. The van der Waals surface area contributed by atoms with Crippen molar-refractivity contribution in [2.24, 2.45) is 9.98 Å². The fraction of sp³-hybridized carbons (Fsp3) is 0.231. The van der Waals surface area contributed by atoms with Crippen molar-refractivity contribution in [3.8, 4) is 0 Å². The van der Waals surface area contributed by atoms with Gasteiger partial charge in [0.2, 0.25) is 0 Å². The number of rotatable bonds is 10. The molecule has 0 spiro atoms. The Kier molecular flexibility index (Phi) is 7.41. The Morgan fingerprint density at radius 3 is 2.82 bits per heavy atom. The first-order valence-electron chi connectivity index (χ1n) is 11.2. The summed E-state index contributed by atoms with van der Waals surface area (Å²) in [6.45, 7) is 6.41. The molecular formula is C26H29N7O. The van der Waals surface area contributed by atoms with Gasteiger partial charge in [-0.15, -0.1) is 0 Å². The van der Waals surface area contributed by atoms with E-state index in [0.29, 0.717) is 5.57 Å².